The van der Waals surface area contributed by atoms with E-state index < -0.39 is 0 Å². The van der Waals surface area contributed by atoms with Crippen LogP contribution in [0, 0.1) is 13.8 Å². The van der Waals surface area contributed by atoms with Crippen molar-refractivity contribution in [2.24, 2.45) is 0 Å². The highest BCUT2D eigenvalue weighted by Crippen LogP contribution is 2.30. The number of aryl methyl sites for hydroxylation is 1. The Kier molecular flexibility index (Phi) is 4.54. The zero-order valence-corrected chi connectivity index (χ0v) is 17.8. The van der Waals surface area contributed by atoms with Gasteiger partial charge >= 0.3 is 0 Å². The Bertz CT molecular complexity index is 1400. The lowest BCUT2D eigenvalue weighted by atomic mass is 10.1. The number of aromatic nitrogens is 6. The van der Waals surface area contributed by atoms with Gasteiger partial charge in [-0.15, -0.1) is 5.10 Å². The zero-order valence-electron chi connectivity index (χ0n) is 17.8. The fourth-order valence-corrected chi connectivity index (χ4v) is 3.92. The largest absolute Gasteiger partial charge is 0.493 e. The molecule has 0 unspecified atom stereocenters. The molecule has 0 N–H and O–H groups in total. The minimum absolute atomic E-state index is 0.572. The van der Waals surface area contributed by atoms with Gasteiger partial charge < -0.3 is 9.47 Å². The van der Waals surface area contributed by atoms with Crippen LogP contribution in [0.5, 0.6) is 11.5 Å². The second kappa shape index (κ2) is 7.39. The highest BCUT2D eigenvalue weighted by molar-refractivity contribution is 5.94. The molecule has 0 aliphatic rings. The molecular weight excluding hydrogens is 392 g/mol. The molecule has 0 atom stereocenters. The molecule has 8 nitrogen and oxygen atoms in total. The van der Waals surface area contributed by atoms with E-state index in [-0.39, 0.29) is 0 Å². The molecule has 4 heterocycles. The first kappa shape index (κ1) is 19.0. The van der Waals surface area contributed by atoms with Crippen LogP contribution < -0.4 is 9.47 Å². The van der Waals surface area contributed by atoms with E-state index >= 15 is 0 Å². The van der Waals surface area contributed by atoms with Gasteiger partial charge in [-0.3, -0.25) is 4.57 Å². The number of pyridine rings is 1. The molecule has 156 valence electrons. The number of rotatable bonds is 5. The van der Waals surface area contributed by atoms with Crippen molar-refractivity contribution < 1.29 is 9.47 Å². The summed E-state index contributed by atoms with van der Waals surface area (Å²) in [7, 11) is 3.26. The molecule has 1 aromatic carbocycles. The van der Waals surface area contributed by atoms with Crippen LogP contribution in [0.2, 0.25) is 0 Å². The molecule has 0 saturated heterocycles. The Morgan fingerprint density at radius 2 is 1.77 bits per heavy atom. The maximum absolute atomic E-state index is 5.42. The Morgan fingerprint density at radius 3 is 2.52 bits per heavy atom. The summed E-state index contributed by atoms with van der Waals surface area (Å²) in [5.41, 5.74) is 4.85. The third kappa shape index (κ3) is 3.07. The second-order valence-corrected chi connectivity index (χ2v) is 7.34. The van der Waals surface area contributed by atoms with Gasteiger partial charge in [-0.05, 0) is 49.2 Å². The summed E-state index contributed by atoms with van der Waals surface area (Å²) in [6.45, 7) is 4.16. The maximum Gasteiger partial charge on any atom is 0.168 e. The lowest BCUT2D eigenvalue weighted by Crippen LogP contribution is -2.01. The average molecular weight is 414 g/mol. The first-order valence-corrected chi connectivity index (χ1v) is 9.95. The number of fused-ring (bicyclic) bond motifs is 3. The van der Waals surface area contributed by atoms with Crippen LogP contribution in [-0.4, -0.2) is 43.4 Å². The molecule has 5 aromatic rings. The van der Waals surface area contributed by atoms with E-state index in [2.05, 4.69) is 33.5 Å². The van der Waals surface area contributed by atoms with E-state index in [1.54, 1.807) is 31.3 Å². The van der Waals surface area contributed by atoms with Crippen LogP contribution in [0.25, 0.3) is 22.5 Å². The average Bonchev–Trinajstić information content (AvgIpc) is 3.32. The van der Waals surface area contributed by atoms with E-state index in [4.69, 9.17) is 14.5 Å². The summed E-state index contributed by atoms with van der Waals surface area (Å²) < 4.78 is 14.5. The molecule has 8 heteroatoms. The van der Waals surface area contributed by atoms with Gasteiger partial charge in [0.2, 0.25) is 0 Å². The molecule has 31 heavy (non-hydrogen) atoms. The van der Waals surface area contributed by atoms with Gasteiger partial charge in [0.05, 0.1) is 19.6 Å². The first-order chi connectivity index (χ1) is 15.1. The molecule has 0 radical (unpaired) electrons. The maximum atomic E-state index is 5.42. The van der Waals surface area contributed by atoms with E-state index in [1.165, 1.54) is 0 Å². The minimum Gasteiger partial charge on any atom is -0.493 e. The third-order valence-corrected chi connectivity index (χ3v) is 5.57. The van der Waals surface area contributed by atoms with Crippen molar-refractivity contribution in [1.29, 1.82) is 0 Å². The summed E-state index contributed by atoms with van der Waals surface area (Å²) in [5.74, 6) is 2.93. The normalized spacial score (nSPS) is 11.4. The van der Waals surface area contributed by atoms with Gasteiger partial charge in [0.15, 0.2) is 28.6 Å². The van der Waals surface area contributed by atoms with Crippen molar-refractivity contribution in [2.45, 2.75) is 20.3 Å². The predicted octanol–water partition coefficient (Wildman–Crippen LogP) is 3.69. The fourth-order valence-electron chi connectivity index (χ4n) is 3.92. The molecule has 5 rings (SSSR count). The van der Waals surface area contributed by atoms with Crippen LogP contribution in [-0.2, 0) is 6.42 Å². The smallest absolute Gasteiger partial charge is 0.168 e. The predicted molar refractivity (Wildman–Crippen MR) is 117 cm³/mol. The molecule has 0 aliphatic carbocycles. The Labute approximate surface area is 179 Å². The summed E-state index contributed by atoms with van der Waals surface area (Å²) in [6, 6.07) is 11.7. The van der Waals surface area contributed by atoms with Crippen molar-refractivity contribution in [2.75, 3.05) is 14.2 Å². The number of nitrogens with zero attached hydrogens (tertiary/aromatic N) is 6. The van der Waals surface area contributed by atoms with Gasteiger partial charge in [0.1, 0.15) is 12.1 Å². The Balaban J connectivity index is 1.62. The number of benzene rings is 1. The van der Waals surface area contributed by atoms with Crippen molar-refractivity contribution in [1.82, 2.24) is 29.1 Å². The minimum atomic E-state index is 0.572. The molecule has 0 fully saturated rings. The van der Waals surface area contributed by atoms with Gasteiger partial charge in [-0.1, -0.05) is 12.1 Å². The summed E-state index contributed by atoms with van der Waals surface area (Å²) >= 11 is 0. The number of methoxy groups -OCH3 is 2. The van der Waals surface area contributed by atoms with Crippen LogP contribution in [0.4, 0.5) is 0 Å². The van der Waals surface area contributed by atoms with E-state index in [0.717, 1.165) is 39.3 Å². The standard InChI is InChI=1S/C23H22N6O2/c1-14-15(2)29(20-7-5-6-10-24-20)22-21(14)23-26-19(27-28(23)13-25-22)12-16-8-9-17(30-3)18(11-16)31-4/h5-11,13H,12H2,1-4H3. The van der Waals surface area contributed by atoms with Crippen molar-refractivity contribution >= 4 is 16.7 Å². The van der Waals surface area contributed by atoms with Crippen LogP contribution in [0.1, 0.15) is 22.6 Å². The summed E-state index contributed by atoms with van der Waals surface area (Å²) in [4.78, 5) is 14.0. The van der Waals surface area contributed by atoms with E-state index in [9.17, 15) is 0 Å². The highest BCUT2D eigenvalue weighted by Gasteiger charge is 2.19. The molecule has 0 aliphatic heterocycles. The van der Waals surface area contributed by atoms with Gasteiger partial charge in [0, 0.05) is 18.3 Å². The molecule has 4 aromatic heterocycles. The SMILES string of the molecule is COc1ccc(Cc2nc3c4c(C)c(C)n(-c5ccccn5)c4ncn3n2)cc1OC. The zero-order chi connectivity index (χ0) is 21.5. The lowest BCUT2D eigenvalue weighted by molar-refractivity contribution is 0.354. The van der Waals surface area contributed by atoms with Crippen LogP contribution in [0.3, 0.4) is 0 Å². The third-order valence-electron chi connectivity index (χ3n) is 5.57. The summed E-state index contributed by atoms with van der Waals surface area (Å²) in [5, 5.41) is 5.64. The van der Waals surface area contributed by atoms with Crippen LogP contribution in [0.15, 0.2) is 48.9 Å². The Morgan fingerprint density at radius 1 is 0.935 bits per heavy atom. The molecule has 0 saturated carbocycles. The quantitative estimate of drug-likeness (QED) is 0.436. The lowest BCUT2D eigenvalue weighted by Gasteiger charge is -2.08. The summed E-state index contributed by atoms with van der Waals surface area (Å²) in [6.07, 6.45) is 4.07. The second-order valence-electron chi connectivity index (χ2n) is 7.34. The van der Waals surface area contributed by atoms with E-state index in [0.29, 0.717) is 23.7 Å². The molecular formula is C23H22N6O2. The van der Waals surface area contributed by atoms with Crippen molar-refractivity contribution in [3.63, 3.8) is 0 Å². The molecule has 0 amide bonds. The van der Waals surface area contributed by atoms with Gasteiger partial charge in [-0.25, -0.2) is 19.5 Å². The first-order valence-electron chi connectivity index (χ1n) is 9.95. The Hall–Kier alpha value is -3.94. The monoisotopic (exact) mass is 414 g/mol. The number of hydrogen-bond donors (Lipinski definition) is 0. The van der Waals surface area contributed by atoms with Gasteiger partial charge in [-0.2, -0.15) is 0 Å². The number of hydrogen-bond acceptors (Lipinski definition) is 6. The van der Waals surface area contributed by atoms with Gasteiger partial charge in [0.25, 0.3) is 0 Å². The van der Waals surface area contributed by atoms with Crippen molar-refractivity contribution in [3.8, 4) is 17.3 Å². The number of ether oxygens (including phenoxy) is 2. The van der Waals surface area contributed by atoms with Crippen LogP contribution >= 0.6 is 0 Å². The fraction of sp³-hybridized carbons (Fsp3) is 0.217. The topological polar surface area (TPSA) is 79.4 Å². The molecule has 0 spiro atoms. The van der Waals surface area contributed by atoms with Crippen molar-refractivity contribution in [3.05, 3.63) is 71.6 Å². The van der Waals surface area contributed by atoms with E-state index in [1.807, 2.05) is 36.4 Å². The molecule has 0 bridgehead atoms. The highest BCUT2D eigenvalue weighted by atomic mass is 16.5.